The summed E-state index contributed by atoms with van der Waals surface area (Å²) in [6, 6.07) is 23.7. The van der Waals surface area contributed by atoms with E-state index in [0.717, 1.165) is 53.0 Å². The van der Waals surface area contributed by atoms with Crippen LogP contribution in [0, 0.1) is 0 Å². The van der Waals surface area contributed by atoms with Crippen molar-refractivity contribution in [3.8, 4) is 0 Å². The molecule has 1 amide bonds. The molecule has 3 aromatic carbocycles. The fourth-order valence-corrected chi connectivity index (χ4v) is 5.43. The van der Waals surface area contributed by atoms with Crippen LogP contribution in [0.3, 0.4) is 0 Å². The van der Waals surface area contributed by atoms with Crippen molar-refractivity contribution in [2.45, 2.75) is 51.7 Å². The van der Waals surface area contributed by atoms with Gasteiger partial charge in [0.2, 0.25) is 0 Å². The number of hydrogen-bond donors (Lipinski definition) is 1. The minimum atomic E-state index is -0.757. The van der Waals surface area contributed by atoms with Gasteiger partial charge in [-0.3, -0.25) is 4.79 Å². The lowest BCUT2D eigenvalue weighted by molar-refractivity contribution is -0.120. The standard InChI is InChI=1S/C30H29Cl2N3O/c1-19(2)35-27-14-7-6-13-25(27)28(22-9-4-3-5-10-22)34-29(30(35)36)33-26(21-11-8-12-21)17-20-15-23(31)18-24(32)16-20/h3-7,9-10,13-16,18-19,29,33H,8,11-12,17H2,1-2H3/t29-/m1/s1. The number of rotatable bonds is 6. The first kappa shape index (κ1) is 24.6. The average molecular weight is 518 g/mol. The van der Waals surface area contributed by atoms with Crippen LogP contribution in [0.25, 0.3) is 0 Å². The van der Waals surface area contributed by atoms with Gasteiger partial charge in [-0.15, -0.1) is 0 Å². The molecule has 0 aromatic heterocycles. The maximum atomic E-state index is 14.0. The molecule has 1 N–H and O–H groups in total. The van der Waals surface area contributed by atoms with E-state index >= 15 is 0 Å². The minimum Gasteiger partial charge on any atom is -0.359 e. The van der Waals surface area contributed by atoms with Crippen molar-refractivity contribution in [1.29, 1.82) is 0 Å². The summed E-state index contributed by atoms with van der Waals surface area (Å²) < 4.78 is 0. The summed E-state index contributed by atoms with van der Waals surface area (Å²) >= 11 is 12.6. The quantitative estimate of drug-likeness (QED) is 0.376. The van der Waals surface area contributed by atoms with E-state index in [0.29, 0.717) is 16.5 Å². The number of carbonyl (C=O) groups is 1. The third kappa shape index (κ3) is 5.07. The summed E-state index contributed by atoms with van der Waals surface area (Å²) in [7, 11) is 0. The Bertz CT molecular complexity index is 1320. The first-order valence-electron chi connectivity index (χ1n) is 12.4. The Hall–Kier alpha value is -3.08. The highest BCUT2D eigenvalue weighted by atomic mass is 35.5. The number of benzene rings is 3. The van der Waals surface area contributed by atoms with Crippen molar-refractivity contribution in [3.63, 3.8) is 0 Å². The SMILES string of the molecule is CC(C)N1C(=O)[C@H](NC(Cc2cc(Cl)cc(Cl)c2)=C2CCC2)N=C(c2ccccc2)c2ccccc21. The predicted molar refractivity (Wildman–Crippen MR) is 149 cm³/mol. The van der Waals surface area contributed by atoms with Crippen LogP contribution in [0.5, 0.6) is 0 Å². The molecule has 6 heteroatoms. The fourth-order valence-electron chi connectivity index (χ4n) is 4.86. The number of para-hydroxylation sites is 1. The smallest absolute Gasteiger partial charge is 0.272 e. The number of nitrogens with one attached hydrogen (secondary N) is 1. The summed E-state index contributed by atoms with van der Waals surface area (Å²) in [4.78, 5) is 21.0. The van der Waals surface area contributed by atoms with Gasteiger partial charge in [0.25, 0.3) is 5.91 Å². The van der Waals surface area contributed by atoms with Crippen molar-refractivity contribution < 1.29 is 4.79 Å². The second-order valence-corrected chi connectivity index (χ2v) is 10.5. The lowest BCUT2D eigenvalue weighted by atomic mass is 9.88. The van der Waals surface area contributed by atoms with Gasteiger partial charge < -0.3 is 10.2 Å². The number of fused-ring (bicyclic) bond motifs is 1. The number of aliphatic imine (C=N–C) groups is 1. The predicted octanol–water partition coefficient (Wildman–Crippen LogP) is 7.18. The maximum absolute atomic E-state index is 14.0. The molecule has 36 heavy (non-hydrogen) atoms. The summed E-state index contributed by atoms with van der Waals surface area (Å²) in [5.74, 6) is -0.0649. The van der Waals surface area contributed by atoms with E-state index in [9.17, 15) is 4.79 Å². The highest BCUT2D eigenvalue weighted by molar-refractivity contribution is 6.34. The molecular formula is C30H29Cl2N3O. The molecule has 1 atom stereocenters. The maximum Gasteiger partial charge on any atom is 0.272 e. The van der Waals surface area contributed by atoms with Crippen molar-refractivity contribution in [2.24, 2.45) is 4.99 Å². The largest absolute Gasteiger partial charge is 0.359 e. The van der Waals surface area contributed by atoms with Gasteiger partial charge >= 0.3 is 0 Å². The van der Waals surface area contributed by atoms with Crippen molar-refractivity contribution >= 4 is 40.5 Å². The van der Waals surface area contributed by atoms with Crippen LogP contribution in [0.15, 0.2) is 89.1 Å². The van der Waals surface area contributed by atoms with Gasteiger partial charge in [0.05, 0.1) is 11.4 Å². The van der Waals surface area contributed by atoms with Gasteiger partial charge in [-0.05, 0) is 62.9 Å². The minimum absolute atomic E-state index is 0.0279. The zero-order chi connectivity index (χ0) is 25.2. The Morgan fingerprint density at radius 1 is 1.00 bits per heavy atom. The summed E-state index contributed by atoms with van der Waals surface area (Å²) in [6.07, 6.45) is 3.04. The fraction of sp³-hybridized carbons (Fsp3) is 0.267. The van der Waals surface area contributed by atoms with Crippen LogP contribution in [0.2, 0.25) is 10.0 Å². The van der Waals surface area contributed by atoms with Crippen molar-refractivity contribution in [2.75, 3.05) is 4.90 Å². The lowest BCUT2D eigenvalue weighted by Gasteiger charge is -2.31. The number of carbonyl (C=O) groups excluding carboxylic acids is 1. The summed E-state index contributed by atoms with van der Waals surface area (Å²) in [5.41, 5.74) is 6.99. The van der Waals surface area contributed by atoms with E-state index < -0.39 is 6.17 Å². The molecule has 3 aromatic rings. The molecule has 0 unspecified atom stereocenters. The zero-order valence-corrected chi connectivity index (χ0v) is 22.0. The first-order chi connectivity index (χ1) is 17.4. The highest BCUT2D eigenvalue weighted by Gasteiger charge is 2.34. The van der Waals surface area contributed by atoms with Gasteiger partial charge in [-0.2, -0.15) is 0 Å². The van der Waals surface area contributed by atoms with Crippen LogP contribution < -0.4 is 10.2 Å². The summed E-state index contributed by atoms with van der Waals surface area (Å²) in [6.45, 7) is 4.08. The van der Waals surface area contributed by atoms with E-state index in [1.165, 1.54) is 5.57 Å². The van der Waals surface area contributed by atoms with Crippen LogP contribution in [-0.2, 0) is 11.2 Å². The Balaban J connectivity index is 1.59. The van der Waals surface area contributed by atoms with Gasteiger partial charge in [0, 0.05) is 39.3 Å². The monoisotopic (exact) mass is 517 g/mol. The molecule has 4 nitrogen and oxygen atoms in total. The first-order valence-corrected chi connectivity index (χ1v) is 13.1. The molecule has 0 radical (unpaired) electrons. The van der Waals surface area contributed by atoms with E-state index in [2.05, 4.69) is 5.32 Å². The molecule has 1 aliphatic heterocycles. The number of benzodiazepines with no additional fused rings is 1. The molecule has 1 heterocycles. The number of anilines is 1. The molecule has 0 bridgehead atoms. The van der Waals surface area contributed by atoms with E-state index in [1.807, 2.05) is 85.5 Å². The molecule has 2 aliphatic rings. The van der Waals surface area contributed by atoms with Crippen molar-refractivity contribution in [1.82, 2.24) is 5.32 Å². The van der Waals surface area contributed by atoms with E-state index in [-0.39, 0.29) is 11.9 Å². The van der Waals surface area contributed by atoms with Crippen LogP contribution in [0.4, 0.5) is 5.69 Å². The Morgan fingerprint density at radius 2 is 1.67 bits per heavy atom. The third-order valence-corrected chi connectivity index (χ3v) is 7.15. The molecule has 1 aliphatic carbocycles. The number of hydrogen-bond acceptors (Lipinski definition) is 3. The number of amides is 1. The second kappa shape index (κ2) is 10.5. The molecule has 5 rings (SSSR count). The summed E-state index contributed by atoms with van der Waals surface area (Å²) in [5, 5.41) is 4.78. The Kier molecular flexibility index (Phi) is 7.17. The molecule has 0 saturated heterocycles. The van der Waals surface area contributed by atoms with Crippen LogP contribution in [-0.4, -0.2) is 23.8 Å². The molecule has 1 fully saturated rings. The van der Waals surface area contributed by atoms with E-state index in [1.54, 1.807) is 6.07 Å². The topological polar surface area (TPSA) is 44.7 Å². The molecule has 1 saturated carbocycles. The lowest BCUT2D eigenvalue weighted by Crippen LogP contribution is -2.48. The van der Waals surface area contributed by atoms with Gasteiger partial charge in [0.1, 0.15) is 0 Å². The van der Waals surface area contributed by atoms with Crippen LogP contribution in [0.1, 0.15) is 49.8 Å². The average Bonchev–Trinajstić information content (AvgIpc) is 2.92. The van der Waals surface area contributed by atoms with Gasteiger partial charge in [-0.25, -0.2) is 4.99 Å². The van der Waals surface area contributed by atoms with Gasteiger partial charge in [0.15, 0.2) is 6.17 Å². The van der Waals surface area contributed by atoms with Crippen LogP contribution >= 0.6 is 23.2 Å². The van der Waals surface area contributed by atoms with Crippen molar-refractivity contribution in [3.05, 3.63) is 111 Å². The normalized spacial score (nSPS) is 17.3. The second-order valence-electron chi connectivity index (χ2n) is 9.60. The zero-order valence-electron chi connectivity index (χ0n) is 20.5. The highest BCUT2D eigenvalue weighted by Crippen LogP contribution is 2.33. The Labute approximate surface area is 222 Å². The molecule has 184 valence electrons. The molecule has 0 spiro atoms. The number of halogens is 2. The molecular weight excluding hydrogens is 489 g/mol. The Morgan fingerprint density at radius 3 is 2.31 bits per heavy atom. The number of nitrogens with zero attached hydrogens (tertiary/aromatic N) is 2. The van der Waals surface area contributed by atoms with Gasteiger partial charge in [-0.1, -0.05) is 77.3 Å². The third-order valence-electron chi connectivity index (χ3n) is 6.71. The number of allylic oxidation sites excluding steroid dienone is 2. The van der Waals surface area contributed by atoms with E-state index in [4.69, 9.17) is 28.2 Å².